The average molecular weight is 535 g/mol. The molecule has 0 aliphatic heterocycles. The van der Waals surface area contributed by atoms with E-state index in [-0.39, 0.29) is 22.1 Å². The molecule has 36 heavy (non-hydrogen) atoms. The Bertz CT molecular complexity index is 1570. The third kappa shape index (κ3) is 6.16. The summed E-state index contributed by atoms with van der Waals surface area (Å²) in [5, 5.41) is 20.2. The van der Waals surface area contributed by atoms with Gasteiger partial charge in [-0.15, -0.1) is 0 Å². The van der Waals surface area contributed by atoms with E-state index in [9.17, 15) is 26.9 Å². The molecule has 0 unspecified atom stereocenters. The Morgan fingerprint density at radius 2 is 1.72 bits per heavy atom. The standard InChI is InChI=1S/C22H22N4O8S2/c1-14-4-5-15(2)22(10-14)36(31,32)34-20-9-6-16(11-21(20)33-3)13-24-25-18-8-7-17(35(23,29)30)12-19(18)26(27)28/h4-13,25H,1-3H3,(H2,23,29,30). The van der Waals surface area contributed by atoms with Crippen molar-refractivity contribution in [3.8, 4) is 11.5 Å². The molecule has 3 rings (SSSR count). The first-order valence-corrected chi connectivity index (χ1v) is 13.1. The van der Waals surface area contributed by atoms with Crippen molar-refractivity contribution in [3.63, 3.8) is 0 Å². The highest BCUT2D eigenvalue weighted by atomic mass is 32.2. The lowest BCUT2D eigenvalue weighted by Gasteiger charge is -2.13. The van der Waals surface area contributed by atoms with Gasteiger partial charge in [0.2, 0.25) is 10.0 Å². The predicted octanol–water partition coefficient (Wildman–Crippen LogP) is 3.08. The second kappa shape index (κ2) is 10.3. The first-order chi connectivity index (χ1) is 16.8. The van der Waals surface area contributed by atoms with Crippen molar-refractivity contribution >= 4 is 37.7 Å². The molecule has 0 amide bonds. The zero-order valence-corrected chi connectivity index (χ0v) is 21.0. The predicted molar refractivity (Wildman–Crippen MR) is 132 cm³/mol. The lowest BCUT2D eigenvalue weighted by molar-refractivity contribution is -0.384. The zero-order chi connectivity index (χ0) is 26.7. The lowest BCUT2D eigenvalue weighted by atomic mass is 10.2. The molecule has 0 aliphatic carbocycles. The summed E-state index contributed by atoms with van der Waals surface area (Å²) in [6, 6.07) is 12.4. The minimum absolute atomic E-state index is 0.0365. The number of hydrogen-bond acceptors (Lipinski definition) is 10. The van der Waals surface area contributed by atoms with Crippen LogP contribution < -0.4 is 19.5 Å². The van der Waals surface area contributed by atoms with Gasteiger partial charge in [0.15, 0.2) is 11.5 Å². The summed E-state index contributed by atoms with van der Waals surface area (Å²) in [6.07, 6.45) is 1.29. The van der Waals surface area contributed by atoms with Gasteiger partial charge < -0.3 is 8.92 Å². The minimum Gasteiger partial charge on any atom is -0.493 e. The van der Waals surface area contributed by atoms with Crippen LogP contribution >= 0.6 is 0 Å². The first kappa shape index (κ1) is 26.6. The molecule has 0 atom stereocenters. The van der Waals surface area contributed by atoms with Crippen LogP contribution in [-0.2, 0) is 20.1 Å². The summed E-state index contributed by atoms with van der Waals surface area (Å²) < 4.78 is 59.1. The van der Waals surface area contributed by atoms with E-state index in [0.717, 1.165) is 23.8 Å². The minimum atomic E-state index is -4.13. The maximum absolute atomic E-state index is 12.8. The van der Waals surface area contributed by atoms with Crippen LogP contribution in [0.5, 0.6) is 11.5 Å². The van der Waals surface area contributed by atoms with Crippen LogP contribution in [0.2, 0.25) is 0 Å². The molecule has 0 aliphatic rings. The smallest absolute Gasteiger partial charge is 0.339 e. The van der Waals surface area contributed by atoms with Crippen LogP contribution in [0, 0.1) is 24.0 Å². The fourth-order valence-electron chi connectivity index (χ4n) is 3.08. The van der Waals surface area contributed by atoms with Gasteiger partial charge in [-0.1, -0.05) is 12.1 Å². The fraction of sp³-hybridized carbons (Fsp3) is 0.136. The summed E-state index contributed by atoms with van der Waals surface area (Å²) in [7, 11) is -6.92. The topological polar surface area (TPSA) is 180 Å². The number of anilines is 1. The van der Waals surface area contributed by atoms with E-state index in [1.54, 1.807) is 26.0 Å². The first-order valence-electron chi connectivity index (χ1n) is 10.1. The van der Waals surface area contributed by atoms with Crippen LogP contribution in [0.25, 0.3) is 0 Å². The molecule has 3 aromatic rings. The number of primary sulfonamides is 1. The van der Waals surface area contributed by atoms with Crippen molar-refractivity contribution in [2.24, 2.45) is 10.2 Å². The van der Waals surface area contributed by atoms with Gasteiger partial charge in [-0.25, -0.2) is 13.6 Å². The molecular formula is C22H22N4O8S2. The maximum Gasteiger partial charge on any atom is 0.339 e. The molecule has 0 heterocycles. The van der Waals surface area contributed by atoms with Crippen molar-refractivity contribution < 1.29 is 30.7 Å². The molecule has 0 aromatic heterocycles. The molecule has 0 fully saturated rings. The number of rotatable bonds is 9. The molecule has 0 bridgehead atoms. The van der Waals surface area contributed by atoms with Crippen LogP contribution in [0.15, 0.2) is 69.5 Å². The number of nitrogens with two attached hydrogens (primary N) is 1. The number of nitrogens with one attached hydrogen (secondary N) is 1. The van der Waals surface area contributed by atoms with Gasteiger partial charge >= 0.3 is 10.1 Å². The molecule has 0 spiro atoms. The average Bonchev–Trinajstić information content (AvgIpc) is 2.80. The third-order valence-corrected chi connectivity index (χ3v) is 7.18. The molecule has 190 valence electrons. The van der Waals surface area contributed by atoms with E-state index in [4.69, 9.17) is 14.1 Å². The highest BCUT2D eigenvalue weighted by Crippen LogP contribution is 2.32. The summed E-state index contributed by atoms with van der Waals surface area (Å²) in [6.45, 7) is 3.43. The number of nitrogens with zero attached hydrogens (tertiary/aromatic N) is 2. The third-order valence-electron chi connectivity index (χ3n) is 4.89. The molecular weight excluding hydrogens is 512 g/mol. The largest absolute Gasteiger partial charge is 0.493 e. The van der Waals surface area contributed by atoms with E-state index in [1.165, 1.54) is 37.6 Å². The molecule has 3 N–H and O–H groups in total. The molecule has 14 heteroatoms. The quantitative estimate of drug-likeness (QED) is 0.180. The van der Waals surface area contributed by atoms with Crippen LogP contribution in [0.1, 0.15) is 16.7 Å². The monoisotopic (exact) mass is 534 g/mol. The Hall–Kier alpha value is -4.01. The second-order valence-corrected chi connectivity index (χ2v) is 10.6. The Morgan fingerprint density at radius 1 is 1.00 bits per heavy atom. The zero-order valence-electron chi connectivity index (χ0n) is 19.3. The second-order valence-electron chi connectivity index (χ2n) is 7.57. The summed E-state index contributed by atoms with van der Waals surface area (Å²) in [4.78, 5) is 10.1. The molecule has 0 saturated carbocycles. The SMILES string of the molecule is COc1cc(C=NNc2ccc(S(N)(=O)=O)cc2[N+](=O)[O-])ccc1OS(=O)(=O)c1cc(C)ccc1C. The highest BCUT2D eigenvalue weighted by molar-refractivity contribution is 7.89. The van der Waals surface area contributed by atoms with E-state index in [2.05, 4.69) is 10.5 Å². The Balaban J connectivity index is 1.83. The lowest BCUT2D eigenvalue weighted by Crippen LogP contribution is -2.12. The molecule has 3 aromatic carbocycles. The number of hydrazone groups is 1. The van der Waals surface area contributed by atoms with Gasteiger partial charge in [0.25, 0.3) is 5.69 Å². The summed E-state index contributed by atoms with van der Waals surface area (Å²) in [5.41, 5.74) is 3.58. The van der Waals surface area contributed by atoms with Gasteiger partial charge in [0.1, 0.15) is 10.6 Å². The van der Waals surface area contributed by atoms with E-state index < -0.39 is 35.6 Å². The van der Waals surface area contributed by atoms with Crippen LogP contribution in [0.3, 0.4) is 0 Å². The Morgan fingerprint density at radius 3 is 2.36 bits per heavy atom. The number of nitro groups is 1. The summed E-state index contributed by atoms with van der Waals surface area (Å²) in [5.74, 6) is 0.0639. The van der Waals surface area contributed by atoms with Gasteiger partial charge in [-0.05, 0) is 66.9 Å². The molecule has 0 saturated heterocycles. The van der Waals surface area contributed by atoms with Gasteiger partial charge in [0, 0.05) is 6.07 Å². The van der Waals surface area contributed by atoms with Crippen molar-refractivity contribution in [3.05, 3.63) is 81.4 Å². The van der Waals surface area contributed by atoms with Crippen molar-refractivity contribution in [1.29, 1.82) is 0 Å². The Labute approximate surface area is 207 Å². The van der Waals surface area contributed by atoms with Gasteiger partial charge in [-0.3, -0.25) is 15.5 Å². The number of aryl methyl sites for hydroxylation is 2. The van der Waals surface area contributed by atoms with Crippen molar-refractivity contribution in [1.82, 2.24) is 0 Å². The Kier molecular flexibility index (Phi) is 7.62. The van der Waals surface area contributed by atoms with Crippen LogP contribution in [-0.4, -0.2) is 35.1 Å². The maximum atomic E-state index is 12.8. The number of hydrogen-bond donors (Lipinski definition) is 2. The normalized spacial score (nSPS) is 11.9. The van der Waals surface area contributed by atoms with E-state index in [1.807, 2.05) is 0 Å². The number of benzene rings is 3. The van der Waals surface area contributed by atoms with Crippen molar-refractivity contribution in [2.75, 3.05) is 12.5 Å². The summed E-state index contributed by atoms with van der Waals surface area (Å²) >= 11 is 0. The highest BCUT2D eigenvalue weighted by Gasteiger charge is 2.22. The number of ether oxygens (including phenoxy) is 1. The van der Waals surface area contributed by atoms with Crippen molar-refractivity contribution in [2.45, 2.75) is 23.6 Å². The van der Waals surface area contributed by atoms with Gasteiger partial charge in [0.05, 0.1) is 23.1 Å². The van der Waals surface area contributed by atoms with Crippen LogP contribution in [0.4, 0.5) is 11.4 Å². The van der Waals surface area contributed by atoms with E-state index in [0.29, 0.717) is 11.1 Å². The molecule has 0 radical (unpaired) electrons. The fourth-order valence-corrected chi connectivity index (χ4v) is 4.87. The van der Waals surface area contributed by atoms with Gasteiger partial charge in [-0.2, -0.15) is 13.5 Å². The number of methoxy groups -OCH3 is 1. The molecule has 12 nitrogen and oxygen atoms in total. The number of sulfonamides is 1. The number of nitro benzene ring substituents is 1. The van der Waals surface area contributed by atoms with E-state index >= 15 is 0 Å².